The molecule has 3 rings (SSSR count). The van der Waals surface area contributed by atoms with E-state index in [1.807, 2.05) is 60.7 Å². The average molecular weight is 353 g/mol. The Hall–Kier alpha value is -2.66. The zero-order chi connectivity index (χ0) is 18.4. The highest BCUT2D eigenvalue weighted by Gasteiger charge is 2.31. The first-order valence-electron chi connectivity index (χ1n) is 8.84. The molecule has 2 aromatic carbocycles. The van der Waals surface area contributed by atoms with Gasteiger partial charge in [-0.15, -0.1) is 0 Å². The Labute approximate surface area is 153 Å². The van der Waals surface area contributed by atoms with E-state index in [0.29, 0.717) is 19.6 Å². The van der Waals surface area contributed by atoms with Crippen LogP contribution >= 0.6 is 0 Å². The first-order valence-corrected chi connectivity index (χ1v) is 8.84. The first-order chi connectivity index (χ1) is 12.6. The van der Waals surface area contributed by atoms with Gasteiger partial charge in [-0.05, 0) is 11.1 Å². The molecule has 136 valence electrons. The molecule has 1 unspecified atom stereocenters. The molecule has 0 aromatic heterocycles. The molecule has 2 aromatic rings. The molecule has 0 saturated carbocycles. The van der Waals surface area contributed by atoms with Crippen molar-refractivity contribution in [2.45, 2.75) is 24.8 Å². The molecule has 1 aliphatic rings. The van der Waals surface area contributed by atoms with Crippen molar-refractivity contribution in [3.63, 3.8) is 0 Å². The molecule has 26 heavy (non-hydrogen) atoms. The molecule has 1 fully saturated rings. The van der Waals surface area contributed by atoms with Crippen LogP contribution in [0, 0.1) is 0 Å². The second kappa shape index (κ2) is 8.63. The fourth-order valence-corrected chi connectivity index (χ4v) is 3.44. The molecule has 1 amide bonds. The molecule has 0 spiro atoms. The van der Waals surface area contributed by atoms with Gasteiger partial charge in [-0.1, -0.05) is 60.7 Å². The van der Waals surface area contributed by atoms with Gasteiger partial charge in [-0.25, -0.2) is 0 Å². The normalized spacial score (nSPS) is 17.3. The van der Waals surface area contributed by atoms with Crippen LogP contribution in [0.25, 0.3) is 0 Å². The molecule has 5 nitrogen and oxygen atoms in total. The summed E-state index contributed by atoms with van der Waals surface area (Å²) in [7, 11) is 0. The maximum Gasteiger partial charge on any atom is 0.305 e. The number of rotatable bonds is 6. The summed E-state index contributed by atoms with van der Waals surface area (Å²) < 4.78 is 5.38. The first kappa shape index (κ1) is 18.1. The fourth-order valence-electron chi connectivity index (χ4n) is 3.44. The maximum atomic E-state index is 13.0. The molecule has 1 atom stereocenters. The lowest BCUT2D eigenvalue weighted by molar-refractivity contribution is -0.146. The van der Waals surface area contributed by atoms with E-state index in [1.54, 1.807) is 4.90 Å². The third-order valence-corrected chi connectivity index (χ3v) is 4.74. The van der Waals surface area contributed by atoms with Crippen molar-refractivity contribution in [3.8, 4) is 0 Å². The van der Waals surface area contributed by atoms with Crippen molar-refractivity contribution in [1.29, 1.82) is 0 Å². The average Bonchev–Trinajstić information content (AvgIpc) is 2.67. The van der Waals surface area contributed by atoms with Crippen LogP contribution in [-0.2, 0) is 14.3 Å². The number of carbonyl (C=O) groups excluding carboxylic acids is 1. The lowest BCUT2D eigenvalue weighted by Gasteiger charge is -2.35. The van der Waals surface area contributed by atoms with Crippen LogP contribution in [0.1, 0.15) is 29.9 Å². The quantitative estimate of drug-likeness (QED) is 0.867. The Morgan fingerprint density at radius 3 is 2.15 bits per heavy atom. The van der Waals surface area contributed by atoms with Gasteiger partial charge in [-0.2, -0.15) is 0 Å². The van der Waals surface area contributed by atoms with Crippen LogP contribution < -0.4 is 0 Å². The van der Waals surface area contributed by atoms with Gasteiger partial charge in [0.15, 0.2) is 0 Å². The van der Waals surface area contributed by atoms with E-state index in [2.05, 4.69) is 0 Å². The minimum atomic E-state index is -0.916. The highest BCUT2D eigenvalue weighted by molar-refractivity contribution is 5.79. The zero-order valence-electron chi connectivity index (χ0n) is 14.6. The lowest BCUT2D eigenvalue weighted by atomic mass is 9.88. The molecule has 0 aliphatic carbocycles. The third-order valence-electron chi connectivity index (χ3n) is 4.74. The topological polar surface area (TPSA) is 66.8 Å². The Bertz CT molecular complexity index is 693. The summed E-state index contributed by atoms with van der Waals surface area (Å²) in [4.78, 5) is 25.8. The van der Waals surface area contributed by atoms with Gasteiger partial charge in [-0.3, -0.25) is 9.59 Å². The van der Waals surface area contributed by atoms with Crippen LogP contribution in [0.15, 0.2) is 60.7 Å². The summed E-state index contributed by atoms with van der Waals surface area (Å²) in [5, 5.41) is 9.11. The van der Waals surface area contributed by atoms with Gasteiger partial charge in [0, 0.05) is 18.9 Å². The van der Waals surface area contributed by atoms with Crippen molar-refractivity contribution >= 4 is 11.9 Å². The number of amides is 1. The monoisotopic (exact) mass is 353 g/mol. The van der Waals surface area contributed by atoms with Crippen LogP contribution in [-0.4, -0.2) is 47.7 Å². The zero-order valence-corrected chi connectivity index (χ0v) is 14.6. The fraction of sp³-hybridized carbons (Fsp3) is 0.333. The van der Waals surface area contributed by atoms with Crippen molar-refractivity contribution < 1.29 is 19.4 Å². The molecule has 1 aliphatic heterocycles. The SMILES string of the molecule is O=C(O)CC1COCCN1C(=O)CC(c1ccccc1)c1ccccc1. The summed E-state index contributed by atoms with van der Waals surface area (Å²) >= 11 is 0. The Morgan fingerprint density at radius 1 is 1.04 bits per heavy atom. The van der Waals surface area contributed by atoms with E-state index in [1.165, 1.54) is 0 Å². The van der Waals surface area contributed by atoms with Gasteiger partial charge in [0.2, 0.25) is 5.91 Å². The number of carbonyl (C=O) groups is 2. The minimum Gasteiger partial charge on any atom is -0.481 e. The summed E-state index contributed by atoms with van der Waals surface area (Å²) in [5.41, 5.74) is 2.16. The number of morpholine rings is 1. The van der Waals surface area contributed by atoms with E-state index in [0.717, 1.165) is 11.1 Å². The second-order valence-corrected chi connectivity index (χ2v) is 6.49. The Morgan fingerprint density at radius 2 is 1.62 bits per heavy atom. The summed E-state index contributed by atoms with van der Waals surface area (Å²) in [6.45, 7) is 1.16. The van der Waals surface area contributed by atoms with E-state index in [9.17, 15) is 9.59 Å². The smallest absolute Gasteiger partial charge is 0.305 e. The van der Waals surface area contributed by atoms with E-state index >= 15 is 0 Å². The summed E-state index contributed by atoms with van der Waals surface area (Å²) in [6.07, 6.45) is 0.219. The number of hydrogen-bond donors (Lipinski definition) is 1. The van der Waals surface area contributed by atoms with Crippen LogP contribution in [0.5, 0.6) is 0 Å². The standard InChI is InChI=1S/C21H23NO4/c23-20(22-11-12-26-15-18(22)13-21(24)25)14-19(16-7-3-1-4-8-16)17-9-5-2-6-10-17/h1-10,18-19H,11-15H2,(H,24,25). The number of ether oxygens (including phenoxy) is 1. The number of nitrogens with zero attached hydrogens (tertiary/aromatic N) is 1. The highest BCUT2D eigenvalue weighted by Crippen LogP contribution is 2.29. The molecule has 1 saturated heterocycles. The number of hydrogen-bond acceptors (Lipinski definition) is 3. The molecular weight excluding hydrogens is 330 g/mol. The van der Waals surface area contributed by atoms with Gasteiger partial charge >= 0.3 is 5.97 Å². The second-order valence-electron chi connectivity index (χ2n) is 6.49. The number of carboxylic acids is 1. The largest absolute Gasteiger partial charge is 0.481 e. The minimum absolute atomic E-state index is 0.0303. The van der Waals surface area contributed by atoms with Crippen LogP contribution in [0.2, 0.25) is 0 Å². The predicted molar refractivity (Wildman–Crippen MR) is 97.9 cm³/mol. The Kier molecular flexibility index (Phi) is 6.02. The Balaban J connectivity index is 1.82. The van der Waals surface area contributed by atoms with Crippen molar-refractivity contribution in [2.75, 3.05) is 19.8 Å². The van der Waals surface area contributed by atoms with Gasteiger partial charge < -0.3 is 14.7 Å². The summed E-state index contributed by atoms with van der Waals surface area (Å²) in [5.74, 6) is -1.00. The van der Waals surface area contributed by atoms with Crippen molar-refractivity contribution in [2.24, 2.45) is 0 Å². The molecule has 0 bridgehead atoms. The van der Waals surface area contributed by atoms with Crippen LogP contribution in [0.3, 0.4) is 0 Å². The molecular formula is C21H23NO4. The highest BCUT2D eigenvalue weighted by atomic mass is 16.5. The van der Waals surface area contributed by atoms with E-state index < -0.39 is 12.0 Å². The maximum absolute atomic E-state index is 13.0. The number of carboxylic acid groups (broad SMARTS) is 1. The molecule has 1 heterocycles. The van der Waals surface area contributed by atoms with Gasteiger partial charge in [0.25, 0.3) is 0 Å². The molecule has 0 radical (unpaired) electrons. The number of benzene rings is 2. The van der Waals surface area contributed by atoms with E-state index in [4.69, 9.17) is 9.84 Å². The van der Waals surface area contributed by atoms with E-state index in [-0.39, 0.29) is 24.9 Å². The summed E-state index contributed by atoms with van der Waals surface area (Å²) in [6, 6.07) is 19.5. The third kappa shape index (κ3) is 4.49. The van der Waals surface area contributed by atoms with Crippen LogP contribution in [0.4, 0.5) is 0 Å². The predicted octanol–water partition coefficient (Wildman–Crippen LogP) is 2.91. The number of aliphatic carboxylic acids is 1. The van der Waals surface area contributed by atoms with Gasteiger partial charge in [0.1, 0.15) is 0 Å². The van der Waals surface area contributed by atoms with Gasteiger partial charge in [0.05, 0.1) is 25.7 Å². The van der Waals surface area contributed by atoms with Crippen molar-refractivity contribution in [3.05, 3.63) is 71.8 Å². The molecule has 5 heteroatoms. The molecule has 1 N–H and O–H groups in total. The van der Waals surface area contributed by atoms with Crippen molar-refractivity contribution in [1.82, 2.24) is 4.90 Å². The lowest BCUT2D eigenvalue weighted by Crippen LogP contribution is -2.49.